The molecule has 2 aromatic carbocycles. The van der Waals surface area contributed by atoms with E-state index in [0.717, 1.165) is 40.6 Å². The fourth-order valence-corrected chi connectivity index (χ4v) is 6.68. The van der Waals surface area contributed by atoms with Crippen LogP contribution in [0.15, 0.2) is 71.9 Å². The van der Waals surface area contributed by atoms with Gasteiger partial charge < -0.3 is 14.4 Å². The summed E-state index contributed by atoms with van der Waals surface area (Å²) in [5, 5.41) is 0.936. The fourth-order valence-electron chi connectivity index (χ4n) is 5.61. The van der Waals surface area contributed by atoms with Crippen molar-refractivity contribution in [3.63, 3.8) is 0 Å². The zero-order valence-corrected chi connectivity index (χ0v) is 22.1. The van der Waals surface area contributed by atoms with E-state index in [1.54, 1.807) is 30.5 Å². The Kier molecular flexibility index (Phi) is 5.40. The number of hydrogen-bond acceptors (Lipinski definition) is 7. The SMILES string of the molecule is COc1ncc(-c2ccc3ncc4c(c3c2)C2(CC2)C(=O)N4CC2COC2)cc1NS(=O)(=O)c1ccccc1. The average molecular weight is 543 g/mol. The molecule has 10 heteroatoms. The maximum Gasteiger partial charge on any atom is 0.262 e. The number of hydrogen-bond donors (Lipinski definition) is 1. The van der Waals surface area contributed by atoms with Gasteiger partial charge in [0.2, 0.25) is 11.8 Å². The van der Waals surface area contributed by atoms with Crippen LogP contribution in [0, 0.1) is 5.92 Å². The topological polar surface area (TPSA) is 111 Å². The highest BCUT2D eigenvalue weighted by molar-refractivity contribution is 7.92. The molecule has 4 heterocycles. The van der Waals surface area contributed by atoms with Gasteiger partial charge in [-0.2, -0.15) is 0 Å². The smallest absolute Gasteiger partial charge is 0.262 e. The molecule has 7 rings (SSSR count). The molecule has 0 atom stereocenters. The van der Waals surface area contributed by atoms with E-state index < -0.39 is 15.4 Å². The molecule has 2 fully saturated rings. The van der Waals surface area contributed by atoms with Crippen LogP contribution < -0.4 is 14.4 Å². The van der Waals surface area contributed by atoms with Crippen molar-refractivity contribution in [2.24, 2.45) is 5.92 Å². The number of aromatic nitrogens is 2. The van der Waals surface area contributed by atoms with Crippen LogP contribution >= 0.6 is 0 Å². The van der Waals surface area contributed by atoms with Crippen LogP contribution in [0.5, 0.6) is 5.88 Å². The number of pyridine rings is 2. The van der Waals surface area contributed by atoms with Gasteiger partial charge in [-0.25, -0.2) is 13.4 Å². The molecule has 1 spiro atoms. The molecule has 0 unspecified atom stereocenters. The van der Waals surface area contributed by atoms with Gasteiger partial charge in [-0.1, -0.05) is 24.3 Å². The number of benzene rings is 2. The van der Waals surface area contributed by atoms with Crippen LogP contribution in [0.4, 0.5) is 11.4 Å². The van der Waals surface area contributed by atoms with E-state index in [9.17, 15) is 13.2 Å². The Morgan fingerprint density at radius 2 is 1.85 bits per heavy atom. The predicted octanol–water partition coefficient (Wildman–Crippen LogP) is 4.13. The van der Waals surface area contributed by atoms with Crippen LogP contribution in [-0.2, 0) is 25.0 Å². The van der Waals surface area contributed by atoms with E-state index in [4.69, 9.17) is 14.5 Å². The molecule has 0 bridgehead atoms. The predicted molar refractivity (Wildman–Crippen MR) is 146 cm³/mol. The lowest BCUT2D eigenvalue weighted by Gasteiger charge is -2.30. The first-order valence-corrected chi connectivity index (χ1v) is 14.3. The molecule has 2 aliphatic heterocycles. The summed E-state index contributed by atoms with van der Waals surface area (Å²) in [5.41, 5.74) is 4.05. The molecule has 0 radical (unpaired) electrons. The molecular formula is C29H26N4O5S. The zero-order chi connectivity index (χ0) is 26.8. The van der Waals surface area contributed by atoms with Crippen molar-refractivity contribution in [1.82, 2.24) is 9.97 Å². The summed E-state index contributed by atoms with van der Waals surface area (Å²) >= 11 is 0. The third-order valence-electron chi connectivity index (χ3n) is 7.85. The molecule has 1 saturated carbocycles. The second-order valence-electron chi connectivity index (χ2n) is 10.4. The highest BCUT2D eigenvalue weighted by atomic mass is 32.2. The van der Waals surface area contributed by atoms with E-state index in [0.29, 0.717) is 31.2 Å². The van der Waals surface area contributed by atoms with Crippen molar-refractivity contribution >= 4 is 38.2 Å². The minimum Gasteiger partial charge on any atom is -0.480 e. The van der Waals surface area contributed by atoms with E-state index >= 15 is 0 Å². The zero-order valence-electron chi connectivity index (χ0n) is 21.3. The van der Waals surface area contributed by atoms with E-state index in [1.807, 2.05) is 29.3 Å². The molecule has 1 amide bonds. The second-order valence-corrected chi connectivity index (χ2v) is 12.0. The lowest BCUT2D eigenvalue weighted by atomic mass is 9.92. The van der Waals surface area contributed by atoms with E-state index in [1.165, 1.54) is 19.2 Å². The summed E-state index contributed by atoms with van der Waals surface area (Å²) < 4.78 is 39.3. The summed E-state index contributed by atoms with van der Waals surface area (Å²) in [7, 11) is -2.40. The number of anilines is 2. The van der Waals surface area contributed by atoms with Gasteiger partial charge in [-0.05, 0) is 48.7 Å². The third kappa shape index (κ3) is 3.85. The molecule has 9 nitrogen and oxygen atoms in total. The summed E-state index contributed by atoms with van der Waals surface area (Å²) in [6.45, 7) is 2.00. The number of nitrogens with one attached hydrogen (secondary N) is 1. The minimum atomic E-state index is -3.85. The van der Waals surface area contributed by atoms with E-state index in [-0.39, 0.29) is 22.4 Å². The molecule has 2 aromatic heterocycles. The van der Waals surface area contributed by atoms with Crippen molar-refractivity contribution in [1.29, 1.82) is 0 Å². The highest BCUT2D eigenvalue weighted by Gasteiger charge is 2.60. The number of fused-ring (bicyclic) bond motifs is 4. The molecule has 4 aromatic rings. The van der Waals surface area contributed by atoms with E-state index in [2.05, 4.69) is 9.71 Å². The fraction of sp³-hybridized carbons (Fsp3) is 0.276. The van der Waals surface area contributed by atoms with Gasteiger partial charge in [-0.15, -0.1) is 0 Å². The number of carbonyl (C=O) groups is 1. The normalized spacial score (nSPS) is 17.8. The van der Waals surface area contributed by atoms with Gasteiger partial charge in [0.1, 0.15) is 5.69 Å². The molecule has 3 aliphatic rings. The quantitative estimate of drug-likeness (QED) is 0.374. The van der Waals surface area contributed by atoms with Gasteiger partial charge in [0.15, 0.2) is 0 Å². The number of rotatable bonds is 7. The molecule has 1 aliphatic carbocycles. The number of sulfonamides is 1. The standard InChI is InChI=1S/C29H26N4O5S/c1-37-27-24(32-39(35,36)21-5-3-2-4-6-21)12-20(13-31-27)19-7-8-23-22(11-19)26-25(14-30-23)33(15-18-16-38-17-18)28(34)29(26)9-10-29/h2-8,11-14,18,32H,9-10,15-17H2,1H3. The Labute approximate surface area is 225 Å². The first-order chi connectivity index (χ1) is 18.9. The molecule has 39 heavy (non-hydrogen) atoms. The number of carbonyl (C=O) groups excluding carboxylic acids is 1. The largest absolute Gasteiger partial charge is 0.480 e. The van der Waals surface area contributed by atoms with Crippen LogP contribution in [0.25, 0.3) is 22.0 Å². The monoisotopic (exact) mass is 542 g/mol. The Bertz CT molecular complexity index is 1730. The Morgan fingerprint density at radius 1 is 1.05 bits per heavy atom. The minimum absolute atomic E-state index is 0.141. The van der Waals surface area contributed by atoms with Gasteiger partial charge in [0.25, 0.3) is 10.0 Å². The lowest BCUT2D eigenvalue weighted by Crippen LogP contribution is -2.42. The first-order valence-electron chi connectivity index (χ1n) is 12.8. The van der Waals surface area contributed by atoms with Crippen molar-refractivity contribution in [3.8, 4) is 17.0 Å². The second kappa shape index (κ2) is 8.75. The Morgan fingerprint density at radius 3 is 2.54 bits per heavy atom. The Balaban J connectivity index is 1.30. The number of amides is 1. The van der Waals surface area contributed by atoms with Crippen LogP contribution in [0.2, 0.25) is 0 Å². The highest BCUT2D eigenvalue weighted by Crippen LogP contribution is 2.59. The van der Waals surface area contributed by atoms with Crippen LogP contribution in [0.3, 0.4) is 0 Å². The van der Waals surface area contributed by atoms with Crippen molar-refractivity contribution in [2.75, 3.05) is 36.5 Å². The molecule has 1 N–H and O–H groups in total. The van der Waals surface area contributed by atoms with Gasteiger partial charge in [-0.3, -0.25) is 14.5 Å². The van der Waals surface area contributed by atoms with Crippen LogP contribution in [-0.4, -0.2) is 51.2 Å². The maximum atomic E-state index is 13.6. The van der Waals surface area contributed by atoms with Crippen molar-refractivity contribution in [3.05, 3.63) is 72.6 Å². The molecule has 198 valence electrons. The van der Waals surface area contributed by atoms with Crippen molar-refractivity contribution < 1.29 is 22.7 Å². The third-order valence-corrected chi connectivity index (χ3v) is 9.23. The summed E-state index contributed by atoms with van der Waals surface area (Å²) in [6.07, 6.45) is 5.13. The number of ether oxygens (including phenoxy) is 2. The lowest BCUT2D eigenvalue weighted by molar-refractivity contribution is -0.121. The van der Waals surface area contributed by atoms with Gasteiger partial charge >= 0.3 is 0 Å². The van der Waals surface area contributed by atoms with Crippen LogP contribution in [0.1, 0.15) is 18.4 Å². The molecular weight excluding hydrogens is 516 g/mol. The molecule has 1 saturated heterocycles. The first kappa shape index (κ1) is 24.1. The maximum absolute atomic E-state index is 13.6. The van der Waals surface area contributed by atoms with Crippen molar-refractivity contribution in [2.45, 2.75) is 23.2 Å². The Hall–Kier alpha value is -4.02. The summed E-state index contributed by atoms with van der Waals surface area (Å²) in [4.78, 5) is 24.7. The summed E-state index contributed by atoms with van der Waals surface area (Å²) in [6, 6.07) is 15.8. The number of nitrogens with zero attached hydrogens (tertiary/aromatic N) is 3. The number of methoxy groups -OCH3 is 1. The van der Waals surface area contributed by atoms with Gasteiger partial charge in [0, 0.05) is 35.2 Å². The summed E-state index contributed by atoms with van der Waals surface area (Å²) in [5.74, 6) is 0.675. The van der Waals surface area contributed by atoms with Gasteiger partial charge in [0.05, 0.1) is 48.0 Å². The average Bonchev–Trinajstić information content (AvgIpc) is 3.69.